The molecule has 1 amide bonds. The highest BCUT2D eigenvalue weighted by Crippen LogP contribution is 2.24. The number of anilines is 1. The van der Waals surface area contributed by atoms with E-state index in [4.69, 9.17) is 11.6 Å². The SMILES string of the molecule is Cc1ccc(NC(=O)c2ccc(C)s2)c(Cl)c1. The van der Waals surface area contributed by atoms with E-state index in [1.807, 2.05) is 44.2 Å². The Morgan fingerprint density at radius 2 is 2.00 bits per heavy atom. The number of hydrogen-bond acceptors (Lipinski definition) is 2. The number of rotatable bonds is 2. The lowest BCUT2D eigenvalue weighted by Gasteiger charge is -2.06. The Bertz CT molecular complexity index is 562. The van der Waals surface area contributed by atoms with E-state index in [0.29, 0.717) is 15.6 Å². The van der Waals surface area contributed by atoms with Crippen molar-refractivity contribution in [2.45, 2.75) is 13.8 Å². The van der Waals surface area contributed by atoms with Crippen LogP contribution in [0.3, 0.4) is 0 Å². The summed E-state index contributed by atoms with van der Waals surface area (Å²) < 4.78 is 0. The molecule has 0 atom stereocenters. The third-order valence-corrected chi connectivity index (χ3v) is 3.65. The van der Waals surface area contributed by atoms with E-state index in [9.17, 15) is 4.79 Å². The summed E-state index contributed by atoms with van der Waals surface area (Å²) in [7, 11) is 0. The van der Waals surface area contributed by atoms with Crippen LogP contribution in [0.5, 0.6) is 0 Å². The summed E-state index contributed by atoms with van der Waals surface area (Å²) in [4.78, 5) is 13.7. The molecule has 0 spiro atoms. The summed E-state index contributed by atoms with van der Waals surface area (Å²) in [5.41, 5.74) is 1.72. The molecule has 0 saturated heterocycles. The van der Waals surface area contributed by atoms with Gasteiger partial charge in [-0.3, -0.25) is 4.79 Å². The lowest BCUT2D eigenvalue weighted by molar-refractivity contribution is 0.103. The maximum absolute atomic E-state index is 11.9. The number of thiophene rings is 1. The van der Waals surface area contributed by atoms with E-state index in [-0.39, 0.29) is 5.91 Å². The smallest absolute Gasteiger partial charge is 0.265 e. The first kappa shape index (κ1) is 12.1. The van der Waals surface area contributed by atoms with Crippen LogP contribution >= 0.6 is 22.9 Å². The summed E-state index contributed by atoms with van der Waals surface area (Å²) in [5.74, 6) is -0.117. The maximum atomic E-state index is 11.9. The number of amides is 1. The molecule has 0 bridgehead atoms. The molecule has 0 fully saturated rings. The van der Waals surface area contributed by atoms with Gasteiger partial charge in [0.05, 0.1) is 15.6 Å². The molecule has 2 nitrogen and oxygen atoms in total. The van der Waals surface area contributed by atoms with Crippen LogP contribution < -0.4 is 5.32 Å². The molecule has 1 N–H and O–H groups in total. The van der Waals surface area contributed by atoms with Crippen LogP contribution in [0.4, 0.5) is 5.69 Å². The average Bonchev–Trinajstić information content (AvgIpc) is 2.69. The van der Waals surface area contributed by atoms with E-state index >= 15 is 0 Å². The van der Waals surface area contributed by atoms with Gasteiger partial charge in [0.15, 0.2) is 0 Å². The largest absolute Gasteiger partial charge is 0.320 e. The molecule has 17 heavy (non-hydrogen) atoms. The van der Waals surface area contributed by atoms with Crippen molar-refractivity contribution in [2.24, 2.45) is 0 Å². The molecule has 2 rings (SSSR count). The Morgan fingerprint density at radius 3 is 2.59 bits per heavy atom. The van der Waals surface area contributed by atoms with Crippen LogP contribution in [-0.4, -0.2) is 5.91 Å². The Kier molecular flexibility index (Phi) is 3.50. The van der Waals surface area contributed by atoms with Gasteiger partial charge in [-0.25, -0.2) is 0 Å². The molecule has 1 aromatic heterocycles. The van der Waals surface area contributed by atoms with Crippen molar-refractivity contribution in [1.82, 2.24) is 0 Å². The van der Waals surface area contributed by atoms with E-state index in [1.54, 1.807) is 0 Å². The van der Waals surface area contributed by atoms with Gasteiger partial charge in [-0.15, -0.1) is 11.3 Å². The molecule has 0 unspecified atom stereocenters. The highest BCUT2D eigenvalue weighted by molar-refractivity contribution is 7.14. The molecule has 2 aromatic rings. The van der Waals surface area contributed by atoms with Gasteiger partial charge in [0.1, 0.15) is 0 Å². The van der Waals surface area contributed by atoms with Gasteiger partial charge in [-0.1, -0.05) is 17.7 Å². The highest BCUT2D eigenvalue weighted by atomic mass is 35.5. The van der Waals surface area contributed by atoms with Crippen LogP contribution in [0, 0.1) is 13.8 Å². The zero-order chi connectivity index (χ0) is 12.4. The first-order valence-corrected chi connectivity index (χ1v) is 6.39. The molecule has 0 aliphatic rings. The van der Waals surface area contributed by atoms with Crippen LogP contribution in [-0.2, 0) is 0 Å². The van der Waals surface area contributed by atoms with Gasteiger partial charge >= 0.3 is 0 Å². The second-order valence-corrected chi connectivity index (χ2v) is 5.54. The summed E-state index contributed by atoms with van der Waals surface area (Å²) in [5, 5.41) is 3.37. The van der Waals surface area contributed by atoms with Crippen molar-refractivity contribution in [2.75, 3.05) is 5.32 Å². The molecule has 88 valence electrons. The highest BCUT2D eigenvalue weighted by Gasteiger charge is 2.10. The standard InChI is InChI=1S/C13H12ClNOS/c1-8-3-5-11(10(14)7-8)15-13(16)12-6-4-9(2)17-12/h3-7H,1-2H3,(H,15,16). The van der Waals surface area contributed by atoms with Crippen LogP contribution in [0.15, 0.2) is 30.3 Å². The van der Waals surface area contributed by atoms with Gasteiger partial charge in [0.2, 0.25) is 0 Å². The summed E-state index contributed by atoms with van der Waals surface area (Å²) in [6.07, 6.45) is 0. The number of carbonyl (C=O) groups is 1. The number of halogens is 1. The number of benzene rings is 1. The van der Waals surface area contributed by atoms with Crippen molar-refractivity contribution in [3.63, 3.8) is 0 Å². The number of nitrogens with one attached hydrogen (secondary N) is 1. The lowest BCUT2D eigenvalue weighted by atomic mass is 10.2. The molecule has 0 aliphatic carbocycles. The maximum Gasteiger partial charge on any atom is 0.265 e. The van der Waals surface area contributed by atoms with Crippen molar-refractivity contribution >= 4 is 34.5 Å². The minimum absolute atomic E-state index is 0.117. The summed E-state index contributed by atoms with van der Waals surface area (Å²) >= 11 is 7.52. The van der Waals surface area contributed by atoms with E-state index in [1.165, 1.54) is 11.3 Å². The summed E-state index contributed by atoms with van der Waals surface area (Å²) in [6.45, 7) is 3.93. The van der Waals surface area contributed by atoms with Crippen molar-refractivity contribution in [1.29, 1.82) is 0 Å². The number of carbonyl (C=O) groups excluding carboxylic acids is 1. The van der Waals surface area contributed by atoms with Crippen LogP contribution in [0.2, 0.25) is 5.02 Å². The van der Waals surface area contributed by atoms with Crippen LogP contribution in [0.25, 0.3) is 0 Å². The predicted molar refractivity (Wildman–Crippen MR) is 73.2 cm³/mol. The Balaban J connectivity index is 2.18. The van der Waals surface area contributed by atoms with Crippen molar-refractivity contribution < 1.29 is 4.79 Å². The molecule has 1 heterocycles. The van der Waals surface area contributed by atoms with Gasteiger partial charge in [-0.05, 0) is 43.7 Å². The van der Waals surface area contributed by atoms with Gasteiger partial charge in [0, 0.05) is 4.88 Å². The second-order valence-electron chi connectivity index (χ2n) is 3.85. The zero-order valence-corrected chi connectivity index (χ0v) is 11.2. The molecule has 4 heteroatoms. The molecular formula is C13H12ClNOS. The van der Waals surface area contributed by atoms with Crippen molar-refractivity contribution in [3.8, 4) is 0 Å². The fourth-order valence-electron chi connectivity index (χ4n) is 1.46. The van der Waals surface area contributed by atoms with Crippen molar-refractivity contribution in [3.05, 3.63) is 50.7 Å². The topological polar surface area (TPSA) is 29.1 Å². The first-order chi connectivity index (χ1) is 8.06. The molecular weight excluding hydrogens is 254 g/mol. The minimum atomic E-state index is -0.117. The third kappa shape index (κ3) is 2.87. The Labute approximate surface area is 109 Å². The zero-order valence-electron chi connectivity index (χ0n) is 9.58. The third-order valence-electron chi connectivity index (χ3n) is 2.34. The minimum Gasteiger partial charge on any atom is -0.320 e. The normalized spacial score (nSPS) is 10.3. The second kappa shape index (κ2) is 4.90. The Hall–Kier alpha value is -1.32. The molecule has 0 aliphatic heterocycles. The average molecular weight is 266 g/mol. The fraction of sp³-hybridized carbons (Fsp3) is 0.154. The summed E-state index contributed by atoms with van der Waals surface area (Å²) in [6, 6.07) is 9.31. The predicted octanol–water partition coefficient (Wildman–Crippen LogP) is 4.27. The van der Waals surface area contributed by atoms with E-state index in [2.05, 4.69) is 5.32 Å². The van der Waals surface area contributed by atoms with Gasteiger partial charge in [-0.2, -0.15) is 0 Å². The quantitative estimate of drug-likeness (QED) is 0.863. The van der Waals surface area contributed by atoms with E-state index in [0.717, 1.165) is 10.4 Å². The molecule has 1 aromatic carbocycles. The molecule has 0 saturated carbocycles. The Morgan fingerprint density at radius 1 is 1.24 bits per heavy atom. The molecule has 0 radical (unpaired) electrons. The van der Waals surface area contributed by atoms with E-state index < -0.39 is 0 Å². The first-order valence-electron chi connectivity index (χ1n) is 5.20. The number of hydrogen-bond donors (Lipinski definition) is 1. The van der Waals surface area contributed by atoms with Crippen LogP contribution in [0.1, 0.15) is 20.1 Å². The fourth-order valence-corrected chi connectivity index (χ4v) is 2.51. The van der Waals surface area contributed by atoms with Gasteiger partial charge in [0.25, 0.3) is 5.91 Å². The van der Waals surface area contributed by atoms with Gasteiger partial charge < -0.3 is 5.32 Å². The monoisotopic (exact) mass is 265 g/mol. The number of aryl methyl sites for hydroxylation is 2. The lowest BCUT2D eigenvalue weighted by Crippen LogP contribution is -2.10.